The number of aryl methyl sites for hydroxylation is 2. The van der Waals surface area contributed by atoms with Crippen LogP contribution in [0, 0.1) is 32.1 Å². The van der Waals surface area contributed by atoms with Crippen molar-refractivity contribution < 1.29 is 14.3 Å². The van der Waals surface area contributed by atoms with Gasteiger partial charge in [-0.25, -0.2) is 0 Å². The highest BCUT2D eigenvalue weighted by Crippen LogP contribution is 2.28. The highest BCUT2D eigenvalue weighted by molar-refractivity contribution is 7.80. The largest absolute Gasteiger partial charge is 0.489 e. The molecule has 1 aliphatic rings. The number of nitrogens with one attached hydrogen (secondary N) is 1. The third-order valence-electron chi connectivity index (χ3n) is 6.86. The molecule has 0 spiro atoms. The molecule has 1 fully saturated rings. The third kappa shape index (κ3) is 5.03. The van der Waals surface area contributed by atoms with E-state index in [4.69, 9.17) is 17.0 Å². The zero-order chi connectivity index (χ0) is 28.4. The van der Waals surface area contributed by atoms with Crippen molar-refractivity contribution in [1.82, 2.24) is 9.88 Å². The molecule has 2 heterocycles. The Morgan fingerprint density at radius 2 is 1.68 bits per heavy atom. The Morgan fingerprint density at radius 1 is 0.975 bits per heavy atom. The van der Waals surface area contributed by atoms with E-state index in [0.29, 0.717) is 23.6 Å². The minimum Gasteiger partial charge on any atom is -0.489 e. The number of aromatic nitrogens is 1. The molecule has 0 saturated carbocycles. The zero-order valence-electron chi connectivity index (χ0n) is 22.3. The lowest BCUT2D eigenvalue weighted by Crippen LogP contribution is -2.54. The van der Waals surface area contributed by atoms with E-state index in [1.54, 1.807) is 18.2 Å². The standard InChI is InChI=1S/C32H26N4O3S/c1-20-8-4-7-11-29(20)36-31(38)28(30(37)34-32(36)40)17-25-16-21(2)35(22(25)3)26-12-14-27(15-13-26)39-19-24-10-6-5-9-23(24)18-33/h4-17H,19H2,1-3H3,(H,34,37,40)/b28-17+. The van der Waals surface area contributed by atoms with Gasteiger partial charge in [0.05, 0.1) is 17.3 Å². The maximum absolute atomic E-state index is 13.5. The average Bonchev–Trinajstić information content (AvgIpc) is 3.23. The van der Waals surface area contributed by atoms with E-state index in [0.717, 1.165) is 33.8 Å². The fourth-order valence-corrected chi connectivity index (χ4v) is 5.06. The summed E-state index contributed by atoms with van der Waals surface area (Å²) in [6, 6.07) is 26.5. The Balaban J connectivity index is 1.40. The number of nitrogens with zero attached hydrogens (tertiary/aromatic N) is 3. The van der Waals surface area contributed by atoms with Crippen LogP contribution < -0.4 is 15.0 Å². The molecule has 8 heteroatoms. The topological polar surface area (TPSA) is 87.4 Å². The maximum Gasteiger partial charge on any atom is 0.270 e. The summed E-state index contributed by atoms with van der Waals surface area (Å²) in [5.41, 5.74) is 6.40. The second kappa shape index (κ2) is 11.0. The number of thiocarbonyl (C=S) groups is 1. The van der Waals surface area contributed by atoms with Crippen LogP contribution in [0.2, 0.25) is 0 Å². The molecule has 40 heavy (non-hydrogen) atoms. The fraction of sp³-hybridized carbons (Fsp3) is 0.125. The van der Waals surface area contributed by atoms with Crippen LogP contribution in [0.4, 0.5) is 5.69 Å². The van der Waals surface area contributed by atoms with Gasteiger partial charge in [-0.1, -0.05) is 36.4 Å². The molecule has 1 saturated heterocycles. The van der Waals surface area contributed by atoms with Crippen LogP contribution in [0.25, 0.3) is 11.8 Å². The fourth-order valence-electron chi connectivity index (χ4n) is 4.78. The Hall–Kier alpha value is -5.00. The van der Waals surface area contributed by atoms with Gasteiger partial charge in [-0.3, -0.25) is 19.8 Å². The Kier molecular flexibility index (Phi) is 7.32. The van der Waals surface area contributed by atoms with Gasteiger partial charge < -0.3 is 9.30 Å². The van der Waals surface area contributed by atoms with Crippen molar-refractivity contribution in [1.29, 1.82) is 5.26 Å². The van der Waals surface area contributed by atoms with E-state index in [2.05, 4.69) is 16.0 Å². The molecule has 3 aromatic carbocycles. The van der Waals surface area contributed by atoms with Crippen molar-refractivity contribution in [2.24, 2.45) is 0 Å². The zero-order valence-corrected chi connectivity index (χ0v) is 23.1. The van der Waals surface area contributed by atoms with E-state index in [1.807, 2.05) is 87.5 Å². The van der Waals surface area contributed by atoms with Gasteiger partial charge in [0.1, 0.15) is 17.9 Å². The van der Waals surface area contributed by atoms with Crippen LogP contribution in [0.15, 0.2) is 84.4 Å². The van der Waals surface area contributed by atoms with E-state index in [1.165, 1.54) is 4.90 Å². The van der Waals surface area contributed by atoms with Gasteiger partial charge in [0.2, 0.25) is 0 Å². The molecular weight excluding hydrogens is 520 g/mol. The number of amides is 2. The van der Waals surface area contributed by atoms with Gasteiger partial charge in [0, 0.05) is 22.6 Å². The number of rotatable bonds is 6. The molecule has 1 aliphatic heterocycles. The normalized spacial score (nSPS) is 14.3. The molecule has 0 atom stereocenters. The second-order valence-corrected chi connectivity index (χ2v) is 9.84. The van der Waals surface area contributed by atoms with Crippen LogP contribution >= 0.6 is 12.2 Å². The van der Waals surface area contributed by atoms with E-state index in [-0.39, 0.29) is 10.7 Å². The molecule has 5 rings (SSSR count). The minimum atomic E-state index is -0.524. The van der Waals surface area contributed by atoms with Crippen LogP contribution in [0.1, 0.15) is 33.6 Å². The minimum absolute atomic E-state index is 0.0125. The van der Waals surface area contributed by atoms with Crippen molar-refractivity contribution in [3.8, 4) is 17.5 Å². The van der Waals surface area contributed by atoms with Gasteiger partial charge in [0.15, 0.2) is 5.11 Å². The maximum atomic E-state index is 13.5. The summed E-state index contributed by atoms with van der Waals surface area (Å²) >= 11 is 5.34. The molecule has 1 aromatic heterocycles. The Morgan fingerprint density at radius 3 is 2.40 bits per heavy atom. The van der Waals surface area contributed by atoms with Gasteiger partial charge in [-0.2, -0.15) is 5.26 Å². The predicted octanol–water partition coefficient (Wildman–Crippen LogP) is 5.68. The summed E-state index contributed by atoms with van der Waals surface area (Å²) in [5.74, 6) is -0.311. The van der Waals surface area contributed by atoms with Gasteiger partial charge >= 0.3 is 0 Å². The first-order valence-electron chi connectivity index (χ1n) is 12.7. The molecular formula is C32H26N4O3S. The summed E-state index contributed by atoms with van der Waals surface area (Å²) in [7, 11) is 0. The van der Waals surface area contributed by atoms with E-state index >= 15 is 0 Å². The van der Waals surface area contributed by atoms with Crippen LogP contribution in [0.3, 0.4) is 0 Å². The number of para-hydroxylation sites is 1. The number of hydrogen-bond donors (Lipinski definition) is 1. The number of hydrogen-bond acceptors (Lipinski definition) is 5. The highest BCUT2D eigenvalue weighted by atomic mass is 32.1. The van der Waals surface area contributed by atoms with Gasteiger partial charge in [-0.15, -0.1) is 0 Å². The van der Waals surface area contributed by atoms with Gasteiger partial charge in [0.25, 0.3) is 11.8 Å². The van der Waals surface area contributed by atoms with Crippen molar-refractivity contribution in [3.63, 3.8) is 0 Å². The van der Waals surface area contributed by atoms with Crippen LogP contribution in [0.5, 0.6) is 5.75 Å². The smallest absolute Gasteiger partial charge is 0.270 e. The number of anilines is 1. The Labute approximate surface area is 237 Å². The second-order valence-electron chi connectivity index (χ2n) is 9.46. The van der Waals surface area contributed by atoms with Crippen molar-refractivity contribution in [2.45, 2.75) is 27.4 Å². The first-order valence-corrected chi connectivity index (χ1v) is 13.1. The first-order chi connectivity index (χ1) is 19.3. The van der Waals surface area contributed by atoms with Crippen LogP contribution in [-0.4, -0.2) is 21.5 Å². The lowest BCUT2D eigenvalue weighted by atomic mass is 10.1. The monoisotopic (exact) mass is 546 g/mol. The average molecular weight is 547 g/mol. The molecule has 0 bridgehead atoms. The number of benzene rings is 3. The molecule has 0 unspecified atom stereocenters. The summed E-state index contributed by atoms with van der Waals surface area (Å²) in [6.07, 6.45) is 1.62. The number of carbonyl (C=O) groups excluding carboxylic acids is 2. The number of carbonyl (C=O) groups is 2. The first kappa shape index (κ1) is 26.6. The molecule has 0 radical (unpaired) electrons. The lowest BCUT2D eigenvalue weighted by molar-refractivity contribution is -0.122. The highest BCUT2D eigenvalue weighted by Gasteiger charge is 2.35. The molecule has 7 nitrogen and oxygen atoms in total. The Bertz CT molecular complexity index is 1730. The van der Waals surface area contributed by atoms with Crippen molar-refractivity contribution in [2.75, 3.05) is 4.90 Å². The number of ether oxygens (including phenoxy) is 1. The van der Waals surface area contributed by atoms with Crippen molar-refractivity contribution >= 4 is 40.9 Å². The third-order valence-corrected chi connectivity index (χ3v) is 7.14. The summed E-state index contributed by atoms with van der Waals surface area (Å²) in [6.45, 7) is 6.09. The lowest BCUT2D eigenvalue weighted by Gasteiger charge is -2.30. The molecule has 4 aromatic rings. The quantitative estimate of drug-likeness (QED) is 0.191. The van der Waals surface area contributed by atoms with Gasteiger partial charge in [-0.05, 0) is 92.7 Å². The number of nitriles is 1. The SMILES string of the molecule is Cc1ccccc1N1C(=O)/C(=C/c2cc(C)n(-c3ccc(OCc4ccccc4C#N)cc3)c2C)C(=O)NC1=S. The van der Waals surface area contributed by atoms with E-state index in [9.17, 15) is 14.9 Å². The molecule has 2 amide bonds. The summed E-state index contributed by atoms with van der Waals surface area (Å²) in [5, 5.41) is 12.0. The van der Waals surface area contributed by atoms with Crippen LogP contribution in [-0.2, 0) is 16.2 Å². The summed E-state index contributed by atoms with van der Waals surface area (Å²) in [4.78, 5) is 27.7. The van der Waals surface area contributed by atoms with E-state index < -0.39 is 11.8 Å². The van der Waals surface area contributed by atoms with Crippen molar-refractivity contribution in [3.05, 3.63) is 118 Å². The molecule has 1 N–H and O–H groups in total. The molecule has 0 aliphatic carbocycles. The summed E-state index contributed by atoms with van der Waals surface area (Å²) < 4.78 is 7.96. The molecule has 198 valence electrons. The predicted molar refractivity (Wildman–Crippen MR) is 158 cm³/mol.